The molecule has 5 nitrogen and oxygen atoms in total. The zero-order chi connectivity index (χ0) is 15.6. The number of carbonyl (C=O) groups excluding carboxylic acids is 2. The van der Waals surface area contributed by atoms with Gasteiger partial charge in [-0.15, -0.1) is 0 Å². The van der Waals surface area contributed by atoms with E-state index in [1.54, 1.807) is 0 Å². The van der Waals surface area contributed by atoms with E-state index in [1.165, 1.54) is 0 Å². The van der Waals surface area contributed by atoms with E-state index in [9.17, 15) is 14.9 Å². The summed E-state index contributed by atoms with van der Waals surface area (Å²) in [6.07, 6.45) is 2.58. The first-order chi connectivity index (χ1) is 9.41. The fourth-order valence-electron chi connectivity index (χ4n) is 2.08. The molecule has 114 valence electrons. The Bertz CT molecular complexity index is 353. The van der Waals surface area contributed by atoms with Gasteiger partial charge < -0.3 is 10.6 Å². The third kappa shape index (κ3) is 6.05. The maximum atomic E-state index is 12.2. The predicted molar refractivity (Wildman–Crippen MR) is 78.7 cm³/mol. The first-order valence-corrected chi connectivity index (χ1v) is 7.38. The fourth-order valence-corrected chi connectivity index (χ4v) is 2.08. The van der Waals surface area contributed by atoms with E-state index in [2.05, 4.69) is 16.7 Å². The summed E-state index contributed by atoms with van der Waals surface area (Å²) in [5.41, 5.74) is -0.998. The highest BCUT2D eigenvalue weighted by Crippen LogP contribution is 2.29. The van der Waals surface area contributed by atoms with E-state index in [0.29, 0.717) is 25.3 Å². The summed E-state index contributed by atoms with van der Waals surface area (Å²) in [6.45, 7) is 8.42. The van der Waals surface area contributed by atoms with Gasteiger partial charge in [0.2, 0.25) is 11.8 Å². The summed E-state index contributed by atoms with van der Waals surface area (Å²) in [4.78, 5) is 23.8. The number of nitrogens with one attached hydrogen (secondary N) is 2. The lowest BCUT2D eigenvalue weighted by molar-refractivity contribution is -0.131. The third-order valence-corrected chi connectivity index (χ3v) is 3.12. The molecule has 2 N–H and O–H groups in total. The van der Waals surface area contributed by atoms with Crippen LogP contribution < -0.4 is 10.6 Å². The Kier molecular flexibility index (Phi) is 8.62. The summed E-state index contributed by atoms with van der Waals surface area (Å²) in [7, 11) is 0. The normalized spacial score (nSPS) is 11.0. The van der Waals surface area contributed by atoms with Gasteiger partial charge in [0.05, 0.1) is 12.6 Å². The van der Waals surface area contributed by atoms with Gasteiger partial charge in [-0.05, 0) is 18.8 Å². The summed E-state index contributed by atoms with van der Waals surface area (Å²) in [5, 5.41) is 14.7. The van der Waals surface area contributed by atoms with Crippen LogP contribution in [-0.2, 0) is 9.59 Å². The van der Waals surface area contributed by atoms with Gasteiger partial charge in [0, 0.05) is 6.54 Å². The standard InChI is InChI=1S/C15H27N3O2/c1-5-7-15(11-16,8-6-2)14(20)18-10-13(19)17-9-12(3)4/h12H,5-10H2,1-4H3,(H,17,19)(H,18,20). The first kappa shape index (κ1) is 18.4. The lowest BCUT2D eigenvalue weighted by atomic mass is 9.80. The Morgan fingerprint density at radius 1 is 1.15 bits per heavy atom. The van der Waals surface area contributed by atoms with Gasteiger partial charge in [-0.2, -0.15) is 5.26 Å². The molecule has 0 aromatic carbocycles. The highest BCUT2D eigenvalue weighted by molar-refractivity contribution is 5.89. The molecule has 0 radical (unpaired) electrons. The monoisotopic (exact) mass is 281 g/mol. The summed E-state index contributed by atoms with van der Waals surface area (Å²) in [5.74, 6) is -0.177. The van der Waals surface area contributed by atoms with Crippen LogP contribution in [0.2, 0.25) is 0 Å². The molecule has 5 heteroatoms. The highest BCUT2D eigenvalue weighted by atomic mass is 16.2. The molecule has 0 saturated carbocycles. The van der Waals surface area contributed by atoms with Crippen LogP contribution in [0.4, 0.5) is 0 Å². The molecule has 0 aromatic heterocycles. The summed E-state index contributed by atoms with van der Waals surface area (Å²) >= 11 is 0. The van der Waals surface area contributed by atoms with Gasteiger partial charge in [-0.1, -0.05) is 40.5 Å². The maximum Gasteiger partial charge on any atom is 0.240 e. The van der Waals surface area contributed by atoms with E-state index in [-0.39, 0.29) is 18.4 Å². The van der Waals surface area contributed by atoms with E-state index in [1.807, 2.05) is 27.7 Å². The van der Waals surface area contributed by atoms with Crippen molar-refractivity contribution in [1.82, 2.24) is 10.6 Å². The van der Waals surface area contributed by atoms with Crippen molar-refractivity contribution in [3.05, 3.63) is 0 Å². The molecule has 2 amide bonds. The van der Waals surface area contributed by atoms with Crippen molar-refractivity contribution in [2.24, 2.45) is 11.3 Å². The molecule has 0 unspecified atom stereocenters. The van der Waals surface area contributed by atoms with Crippen LogP contribution in [0.1, 0.15) is 53.4 Å². The van der Waals surface area contributed by atoms with Crippen molar-refractivity contribution in [2.45, 2.75) is 53.4 Å². The van der Waals surface area contributed by atoms with E-state index in [0.717, 1.165) is 12.8 Å². The lowest BCUT2D eigenvalue weighted by Gasteiger charge is -2.24. The Morgan fingerprint density at radius 3 is 2.10 bits per heavy atom. The van der Waals surface area contributed by atoms with Gasteiger partial charge in [-0.3, -0.25) is 9.59 Å². The molecule has 0 fully saturated rings. The molecule has 0 saturated heterocycles. The topological polar surface area (TPSA) is 82.0 Å². The molecule has 0 aliphatic rings. The number of rotatable bonds is 9. The van der Waals surface area contributed by atoms with Crippen LogP contribution in [0.3, 0.4) is 0 Å². The predicted octanol–water partition coefficient (Wildman–Crippen LogP) is 1.98. The minimum absolute atomic E-state index is 0.0671. The molecule has 0 bridgehead atoms. The van der Waals surface area contributed by atoms with Crippen molar-refractivity contribution in [3.63, 3.8) is 0 Å². The number of carbonyl (C=O) groups is 2. The summed E-state index contributed by atoms with van der Waals surface area (Å²) < 4.78 is 0. The average molecular weight is 281 g/mol. The van der Waals surface area contributed by atoms with Crippen molar-refractivity contribution in [1.29, 1.82) is 5.26 Å². The van der Waals surface area contributed by atoms with Gasteiger partial charge in [-0.25, -0.2) is 0 Å². The maximum absolute atomic E-state index is 12.2. The number of hydrogen-bond donors (Lipinski definition) is 2. The number of nitrogens with zero attached hydrogens (tertiary/aromatic N) is 1. The molecule has 0 heterocycles. The molecule has 0 atom stereocenters. The SMILES string of the molecule is CCCC(C#N)(CCC)C(=O)NCC(=O)NCC(C)C. The molecule has 0 spiro atoms. The van der Waals surface area contributed by atoms with Gasteiger partial charge in [0.1, 0.15) is 5.41 Å². The van der Waals surface area contributed by atoms with E-state index < -0.39 is 5.41 Å². The van der Waals surface area contributed by atoms with Crippen LogP contribution >= 0.6 is 0 Å². The second-order valence-electron chi connectivity index (χ2n) is 5.57. The minimum Gasteiger partial charge on any atom is -0.354 e. The highest BCUT2D eigenvalue weighted by Gasteiger charge is 2.36. The van der Waals surface area contributed by atoms with Crippen LogP contribution in [0.25, 0.3) is 0 Å². The van der Waals surface area contributed by atoms with Gasteiger partial charge in [0.25, 0.3) is 0 Å². The smallest absolute Gasteiger partial charge is 0.240 e. The van der Waals surface area contributed by atoms with Gasteiger partial charge in [0.15, 0.2) is 0 Å². The Hall–Kier alpha value is -1.57. The molecule has 0 aliphatic carbocycles. The van der Waals surface area contributed by atoms with Crippen LogP contribution in [0.15, 0.2) is 0 Å². The molecule has 0 aromatic rings. The van der Waals surface area contributed by atoms with Crippen molar-refractivity contribution >= 4 is 11.8 Å². The third-order valence-electron chi connectivity index (χ3n) is 3.12. The number of hydrogen-bond acceptors (Lipinski definition) is 3. The zero-order valence-corrected chi connectivity index (χ0v) is 13.1. The fraction of sp³-hybridized carbons (Fsp3) is 0.800. The number of nitriles is 1. The van der Waals surface area contributed by atoms with Crippen LogP contribution in [0, 0.1) is 22.7 Å². The summed E-state index contributed by atoms with van der Waals surface area (Å²) in [6, 6.07) is 2.15. The van der Waals surface area contributed by atoms with Crippen LogP contribution in [-0.4, -0.2) is 24.9 Å². The quantitative estimate of drug-likeness (QED) is 0.678. The lowest BCUT2D eigenvalue weighted by Crippen LogP contribution is -2.45. The van der Waals surface area contributed by atoms with Crippen LogP contribution in [0.5, 0.6) is 0 Å². The zero-order valence-electron chi connectivity index (χ0n) is 13.1. The second-order valence-corrected chi connectivity index (χ2v) is 5.57. The van der Waals surface area contributed by atoms with Crippen molar-refractivity contribution < 1.29 is 9.59 Å². The molecule has 0 aliphatic heterocycles. The minimum atomic E-state index is -0.998. The van der Waals surface area contributed by atoms with Crippen molar-refractivity contribution in [2.75, 3.05) is 13.1 Å². The molecule has 0 rings (SSSR count). The van der Waals surface area contributed by atoms with E-state index in [4.69, 9.17) is 0 Å². The Balaban J connectivity index is 4.47. The number of amides is 2. The average Bonchev–Trinajstić information content (AvgIpc) is 2.41. The van der Waals surface area contributed by atoms with Crippen molar-refractivity contribution in [3.8, 4) is 6.07 Å². The largest absolute Gasteiger partial charge is 0.354 e. The van der Waals surface area contributed by atoms with E-state index >= 15 is 0 Å². The Morgan fingerprint density at radius 2 is 1.70 bits per heavy atom. The molecule has 20 heavy (non-hydrogen) atoms. The second kappa shape index (κ2) is 9.35. The first-order valence-electron chi connectivity index (χ1n) is 7.38. The Labute approximate surface area is 122 Å². The molecular formula is C15H27N3O2. The molecular weight excluding hydrogens is 254 g/mol. The van der Waals surface area contributed by atoms with Gasteiger partial charge >= 0.3 is 0 Å².